The summed E-state index contributed by atoms with van der Waals surface area (Å²) in [6.45, 7) is 0. The standard InChI is InChI=1S/C14H13N5OS/c1-16-14-19-12(15)11(21-14)13(20)18-10-6-2-5-9-8(10)4-3-7-17-9/h2-7H,15H2,1H3,(H,16,19)(H,18,20). The Morgan fingerprint density at radius 2 is 2.14 bits per heavy atom. The van der Waals surface area contributed by atoms with Gasteiger partial charge in [-0.15, -0.1) is 0 Å². The molecule has 2 aromatic heterocycles. The van der Waals surface area contributed by atoms with Gasteiger partial charge in [0.1, 0.15) is 10.7 Å². The SMILES string of the molecule is CNc1nc(N)c(C(=O)Nc2cccc3ncccc23)s1. The number of fused-ring (bicyclic) bond motifs is 1. The highest BCUT2D eigenvalue weighted by Crippen LogP contribution is 2.27. The minimum Gasteiger partial charge on any atom is -0.382 e. The van der Waals surface area contributed by atoms with E-state index in [4.69, 9.17) is 5.73 Å². The van der Waals surface area contributed by atoms with Crippen LogP contribution in [0.15, 0.2) is 36.5 Å². The molecular formula is C14H13N5OS. The van der Waals surface area contributed by atoms with Crippen molar-refractivity contribution in [1.29, 1.82) is 0 Å². The Morgan fingerprint density at radius 3 is 2.90 bits per heavy atom. The molecule has 0 atom stereocenters. The molecule has 0 bridgehead atoms. The van der Waals surface area contributed by atoms with E-state index in [0.29, 0.717) is 15.7 Å². The number of thiazole rings is 1. The normalized spacial score (nSPS) is 10.5. The molecular weight excluding hydrogens is 286 g/mol. The third-order valence-electron chi connectivity index (χ3n) is 2.97. The summed E-state index contributed by atoms with van der Waals surface area (Å²) >= 11 is 1.22. The number of pyridine rings is 1. The van der Waals surface area contributed by atoms with Crippen LogP contribution in [0.2, 0.25) is 0 Å². The zero-order valence-corrected chi connectivity index (χ0v) is 12.1. The summed E-state index contributed by atoms with van der Waals surface area (Å²) in [7, 11) is 1.73. The first-order valence-corrected chi connectivity index (χ1v) is 7.10. The van der Waals surface area contributed by atoms with E-state index in [9.17, 15) is 4.79 Å². The van der Waals surface area contributed by atoms with Crippen molar-refractivity contribution in [2.24, 2.45) is 0 Å². The number of benzene rings is 1. The number of anilines is 3. The Kier molecular flexibility index (Phi) is 3.41. The number of hydrogen-bond donors (Lipinski definition) is 3. The first kappa shape index (κ1) is 13.3. The molecule has 0 spiro atoms. The Morgan fingerprint density at radius 1 is 1.29 bits per heavy atom. The molecule has 1 amide bonds. The van der Waals surface area contributed by atoms with Crippen LogP contribution in [0.1, 0.15) is 9.67 Å². The highest BCUT2D eigenvalue weighted by molar-refractivity contribution is 7.18. The first-order valence-electron chi connectivity index (χ1n) is 6.28. The largest absolute Gasteiger partial charge is 0.382 e. The zero-order valence-electron chi connectivity index (χ0n) is 11.3. The van der Waals surface area contributed by atoms with Gasteiger partial charge in [0.2, 0.25) is 0 Å². The summed E-state index contributed by atoms with van der Waals surface area (Å²) < 4.78 is 0. The molecule has 21 heavy (non-hydrogen) atoms. The number of hydrogen-bond acceptors (Lipinski definition) is 6. The Bertz CT molecular complexity index is 809. The number of carbonyl (C=O) groups excluding carboxylic acids is 1. The molecule has 7 heteroatoms. The van der Waals surface area contributed by atoms with Crippen LogP contribution >= 0.6 is 11.3 Å². The monoisotopic (exact) mass is 299 g/mol. The van der Waals surface area contributed by atoms with Gasteiger partial charge in [-0.1, -0.05) is 17.4 Å². The molecule has 2 heterocycles. The van der Waals surface area contributed by atoms with Crippen LogP contribution in [0.4, 0.5) is 16.6 Å². The number of nitrogens with two attached hydrogens (primary N) is 1. The van der Waals surface area contributed by atoms with E-state index in [1.807, 2.05) is 30.3 Å². The lowest BCUT2D eigenvalue weighted by atomic mass is 10.2. The van der Waals surface area contributed by atoms with Gasteiger partial charge in [-0.25, -0.2) is 4.98 Å². The molecule has 0 fully saturated rings. The van der Waals surface area contributed by atoms with Crippen LogP contribution in [-0.4, -0.2) is 22.9 Å². The summed E-state index contributed by atoms with van der Waals surface area (Å²) in [5.41, 5.74) is 7.29. The number of nitrogens with zero attached hydrogens (tertiary/aromatic N) is 2. The Balaban J connectivity index is 1.94. The first-order chi connectivity index (χ1) is 10.2. The second-order valence-electron chi connectivity index (χ2n) is 4.31. The molecule has 6 nitrogen and oxygen atoms in total. The summed E-state index contributed by atoms with van der Waals surface area (Å²) in [6.07, 6.45) is 1.72. The van der Waals surface area contributed by atoms with Crippen molar-refractivity contribution in [3.63, 3.8) is 0 Å². The zero-order chi connectivity index (χ0) is 14.8. The molecule has 0 radical (unpaired) electrons. The van der Waals surface area contributed by atoms with E-state index in [1.165, 1.54) is 11.3 Å². The summed E-state index contributed by atoms with van der Waals surface area (Å²) in [5, 5.41) is 7.23. The van der Waals surface area contributed by atoms with E-state index in [0.717, 1.165) is 10.9 Å². The van der Waals surface area contributed by atoms with Crippen molar-refractivity contribution >= 4 is 44.8 Å². The predicted molar refractivity (Wildman–Crippen MR) is 85.8 cm³/mol. The molecule has 0 unspecified atom stereocenters. The van der Waals surface area contributed by atoms with Crippen molar-refractivity contribution in [2.75, 3.05) is 23.4 Å². The van der Waals surface area contributed by atoms with Crippen LogP contribution in [0.3, 0.4) is 0 Å². The van der Waals surface area contributed by atoms with E-state index in [1.54, 1.807) is 13.2 Å². The lowest BCUT2D eigenvalue weighted by Gasteiger charge is -2.07. The fourth-order valence-electron chi connectivity index (χ4n) is 1.99. The van der Waals surface area contributed by atoms with Gasteiger partial charge in [0, 0.05) is 18.6 Å². The van der Waals surface area contributed by atoms with E-state index in [2.05, 4.69) is 20.6 Å². The maximum Gasteiger partial charge on any atom is 0.269 e. The van der Waals surface area contributed by atoms with E-state index in [-0.39, 0.29) is 11.7 Å². The highest BCUT2D eigenvalue weighted by atomic mass is 32.1. The Hall–Kier alpha value is -2.67. The van der Waals surface area contributed by atoms with Gasteiger partial charge in [-0.2, -0.15) is 0 Å². The van der Waals surface area contributed by atoms with Crippen LogP contribution in [-0.2, 0) is 0 Å². The molecule has 3 rings (SSSR count). The van der Waals surface area contributed by atoms with Crippen LogP contribution in [0.25, 0.3) is 10.9 Å². The minimum absolute atomic E-state index is 0.222. The van der Waals surface area contributed by atoms with Crippen LogP contribution < -0.4 is 16.4 Å². The van der Waals surface area contributed by atoms with Gasteiger partial charge < -0.3 is 16.4 Å². The lowest BCUT2D eigenvalue weighted by Crippen LogP contribution is -2.12. The lowest BCUT2D eigenvalue weighted by molar-refractivity contribution is 0.103. The van der Waals surface area contributed by atoms with Crippen molar-refractivity contribution in [3.05, 3.63) is 41.4 Å². The molecule has 0 aliphatic heterocycles. The molecule has 4 N–H and O–H groups in total. The smallest absolute Gasteiger partial charge is 0.269 e. The van der Waals surface area contributed by atoms with Gasteiger partial charge >= 0.3 is 0 Å². The molecule has 0 aliphatic carbocycles. The highest BCUT2D eigenvalue weighted by Gasteiger charge is 2.16. The molecule has 0 aliphatic rings. The third kappa shape index (κ3) is 2.50. The molecule has 106 valence electrons. The molecule has 1 aromatic carbocycles. The third-order valence-corrected chi connectivity index (χ3v) is 4.05. The van der Waals surface area contributed by atoms with Crippen molar-refractivity contribution in [2.45, 2.75) is 0 Å². The number of rotatable bonds is 3. The van der Waals surface area contributed by atoms with Crippen LogP contribution in [0.5, 0.6) is 0 Å². The minimum atomic E-state index is -0.275. The molecule has 0 saturated heterocycles. The fraction of sp³-hybridized carbons (Fsp3) is 0.0714. The number of nitrogens with one attached hydrogen (secondary N) is 2. The van der Waals surface area contributed by atoms with E-state index < -0.39 is 0 Å². The van der Waals surface area contributed by atoms with Crippen LogP contribution in [0, 0.1) is 0 Å². The van der Waals surface area contributed by atoms with Gasteiger partial charge in [-0.05, 0) is 24.3 Å². The van der Waals surface area contributed by atoms with Crippen molar-refractivity contribution in [3.8, 4) is 0 Å². The summed E-state index contributed by atoms with van der Waals surface area (Å²) in [4.78, 5) is 21.1. The van der Waals surface area contributed by atoms with Gasteiger partial charge in [0.15, 0.2) is 5.13 Å². The van der Waals surface area contributed by atoms with E-state index >= 15 is 0 Å². The number of carbonyl (C=O) groups is 1. The summed E-state index contributed by atoms with van der Waals surface area (Å²) in [5.74, 6) is -0.0527. The summed E-state index contributed by atoms with van der Waals surface area (Å²) in [6, 6.07) is 9.31. The van der Waals surface area contributed by atoms with Crippen molar-refractivity contribution in [1.82, 2.24) is 9.97 Å². The van der Waals surface area contributed by atoms with Gasteiger partial charge in [-0.3, -0.25) is 9.78 Å². The number of nitrogen functional groups attached to an aromatic ring is 1. The maximum atomic E-state index is 12.3. The van der Waals surface area contributed by atoms with Gasteiger partial charge in [0.25, 0.3) is 5.91 Å². The second kappa shape index (κ2) is 5.37. The predicted octanol–water partition coefficient (Wildman–Crippen LogP) is 2.57. The average molecular weight is 299 g/mol. The molecule has 3 aromatic rings. The van der Waals surface area contributed by atoms with Gasteiger partial charge in [0.05, 0.1) is 11.2 Å². The molecule has 0 saturated carbocycles. The quantitative estimate of drug-likeness (QED) is 0.691. The Labute approximate surface area is 125 Å². The number of aromatic nitrogens is 2. The maximum absolute atomic E-state index is 12.3. The second-order valence-corrected chi connectivity index (χ2v) is 5.31. The average Bonchev–Trinajstić information content (AvgIpc) is 2.89. The topological polar surface area (TPSA) is 92.9 Å². The number of amides is 1. The van der Waals surface area contributed by atoms with Crippen molar-refractivity contribution < 1.29 is 4.79 Å². The fourth-order valence-corrected chi connectivity index (χ4v) is 2.73.